The van der Waals surface area contributed by atoms with Crippen molar-refractivity contribution in [2.24, 2.45) is 0 Å². The van der Waals surface area contributed by atoms with Crippen molar-refractivity contribution in [1.82, 2.24) is 5.32 Å². The molecule has 1 fully saturated rings. The Labute approximate surface area is 124 Å². The molecule has 0 saturated carbocycles. The molecule has 5 N–H and O–H groups in total. The maximum atomic E-state index is 11.8. The van der Waals surface area contributed by atoms with Crippen LogP contribution >= 0.6 is 0 Å². The van der Waals surface area contributed by atoms with E-state index in [9.17, 15) is 20.1 Å². The highest BCUT2D eigenvalue weighted by Gasteiger charge is 2.44. The Balaban J connectivity index is 2.37. The van der Waals surface area contributed by atoms with Gasteiger partial charge in [-0.3, -0.25) is 4.79 Å². The number of unbranched alkanes of at least 4 members (excludes halogenated alkanes) is 4. The standard InChI is InChI=1S/C14H27NO6/c1-2-3-4-5-6-7-10(17)15-11-13(19)12(18)9(8-16)21-14(11)20/h9,11-14,16,18-20H,2-8H2,1H3,(H,15,17). The first-order chi connectivity index (χ1) is 10.0. The molecular formula is C14H27NO6. The average molecular weight is 305 g/mol. The largest absolute Gasteiger partial charge is 0.394 e. The molecule has 0 aliphatic carbocycles. The van der Waals surface area contributed by atoms with Gasteiger partial charge in [0.2, 0.25) is 5.91 Å². The van der Waals surface area contributed by atoms with E-state index in [2.05, 4.69) is 12.2 Å². The number of carbonyl (C=O) groups excluding carboxylic acids is 1. The summed E-state index contributed by atoms with van der Waals surface area (Å²) in [5, 5.41) is 40.8. The summed E-state index contributed by atoms with van der Waals surface area (Å²) < 4.78 is 4.97. The van der Waals surface area contributed by atoms with Crippen LogP contribution in [0.15, 0.2) is 0 Å². The van der Waals surface area contributed by atoms with Crippen molar-refractivity contribution in [1.29, 1.82) is 0 Å². The van der Waals surface area contributed by atoms with Gasteiger partial charge < -0.3 is 30.5 Å². The highest BCUT2D eigenvalue weighted by Crippen LogP contribution is 2.20. The van der Waals surface area contributed by atoms with Gasteiger partial charge in [-0.25, -0.2) is 0 Å². The SMILES string of the molecule is CCCCCCCC(=O)NC1C(O)OC(CO)C(O)C1O. The van der Waals surface area contributed by atoms with Gasteiger partial charge in [0.1, 0.15) is 24.4 Å². The third-order valence-electron chi connectivity index (χ3n) is 3.74. The Bertz CT molecular complexity index is 314. The molecule has 7 heteroatoms. The molecule has 1 heterocycles. The van der Waals surface area contributed by atoms with Gasteiger partial charge in [0.15, 0.2) is 6.29 Å². The fourth-order valence-electron chi connectivity index (χ4n) is 2.40. The smallest absolute Gasteiger partial charge is 0.220 e. The Hall–Kier alpha value is -0.730. The number of carbonyl (C=O) groups is 1. The third-order valence-corrected chi connectivity index (χ3v) is 3.74. The summed E-state index contributed by atoms with van der Waals surface area (Å²) in [5.41, 5.74) is 0. The lowest BCUT2D eigenvalue weighted by atomic mass is 9.97. The Morgan fingerprint density at radius 2 is 1.76 bits per heavy atom. The highest BCUT2D eigenvalue weighted by atomic mass is 16.6. The molecule has 1 aliphatic heterocycles. The normalized spacial score (nSPS) is 32.9. The fourth-order valence-corrected chi connectivity index (χ4v) is 2.40. The Kier molecular flexibility index (Phi) is 8.13. The number of hydrogen-bond acceptors (Lipinski definition) is 6. The minimum Gasteiger partial charge on any atom is -0.394 e. The second kappa shape index (κ2) is 9.32. The first kappa shape index (κ1) is 18.3. The minimum absolute atomic E-state index is 0.298. The molecule has 0 radical (unpaired) electrons. The topological polar surface area (TPSA) is 119 Å². The molecule has 1 saturated heterocycles. The first-order valence-corrected chi connectivity index (χ1v) is 7.61. The number of hydrogen-bond donors (Lipinski definition) is 5. The van der Waals surface area contributed by atoms with Crippen LogP contribution in [0.25, 0.3) is 0 Å². The van der Waals surface area contributed by atoms with E-state index in [0.29, 0.717) is 6.42 Å². The van der Waals surface area contributed by atoms with Gasteiger partial charge in [0.25, 0.3) is 0 Å². The lowest BCUT2D eigenvalue weighted by Gasteiger charge is -2.40. The van der Waals surface area contributed by atoms with Crippen molar-refractivity contribution in [2.45, 2.75) is 76.1 Å². The van der Waals surface area contributed by atoms with Crippen molar-refractivity contribution in [3.63, 3.8) is 0 Å². The van der Waals surface area contributed by atoms with Gasteiger partial charge in [-0.2, -0.15) is 0 Å². The molecule has 21 heavy (non-hydrogen) atoms. The third kappa shape index (κ3) is 5.52. The van der Waals surface area contributed by atoms with Crippen molar-refractivity contribution in [3.8, 4) is 0 Å². The van der Waals surface area contributed by atoms with E-state index in [1.54, 1.807) is 0 Å². The van der Waals surface area contributed by atoms with E-state index in [-0.39, 0.29) is 5.91 Å². The van der Waals surface area contributed by atoms with Gasteiger partial charge in [-0.15, -0.1) is 0 Å². The fraction of sp³-hybridized carbons (Fsp3) is 0.929. The molecule has 0 spiro atoms. The van der Waals surface area contributed by atoms with Gasteiger partial charge >= 0.3 is 0 Å². The minimum atomic E-state index is -1.45. The van der Waals surface area contributed by atoms with Crippen molar-refractivity contribution in [3.05, 3.63) is 0 Å². The molecule has 0 aromatic rings. The van der Waals surface area contributed by atoms with Crippen LogP contribution in [0.2, 0.25) is 0 Å². The summed E-state index contributed by atoms with van der Waals surface area (Å²) in [5.74, 6) is -0.298. The summed E-state index contributed by atoms with van der Waals surface area (Å²) >= 11 is 0. The zero-order chi connectivity index (χ0) is 15.8. The summed E-state index contributed by atoms with van der Waals surface area (Å²) in [6.45, 7) is 1.59. The van der Waals surface area contributed by atoms with Crippen LogP contribution in [-0.2, 0) is 9.53 Å². The summed E-state index contributed by atoms with van der Waals surface area (Å²) in [4.78, 5) is 11.8. The molecule has 124 valence electrons. The molecule has 1 rings (SSSR count). The molecule has 0 aromatic carbocycles. The summed E-state index contributed by atoms with van der Waals surface area (Å²) in [6.07, 6.45) is 0.122. The Morgan fingerprint density at radius 1 is 1.10 bits per heavy atom. The monoisotopic (exact) mass is 305 g/mol. The summed E-state index contributed by atoms with van der Waals surface area (Å²) in [6, 6.07) is -1.09. The number of ether oxygens (including phenoxy) is 1. The molecule has 0 aromatic heterocycles. The number of rotatable bonds is 8. The number of nitrogens with one attached hydrogen (secondary N) is 1. The van der Waals surface area contributed by atoms with Crippen LogP contribution < -0.4 is 5.32 Å². The van der Waals surface area contributed by atoms with Crippen LogP contribution in [0.1, 0.15) is 45.4 Å². The lowest BCUT2D eigenvalue weighted by Crippen LogP contribution is -2.64. The Morgan fingerprint density at radius 3 is 2.38 bits per heavy atom. The lowest BCUT2D eigenvalue weighted by molar-refractivity contribution is -0.253. The quantitative estimate of drug-likeness (QED) is 0.377. The van der Waals surface area contributed by atoms with Gasteiger partial charge in [-0.1, -0.05) is 32.6 Å². The van der Waals surface area contributed by atoms with E-state index >= 15 is 0 Å². The molecule has 5 atom stereocenters. The van der Waals surface area contributed by atoms with Crippen LogP contribution in [0.4, 0.5) is 0 Å². The zero-order valence-electron chi connectivity index (χ0n) is 12.4. The highest BCUT2D eigenvalue weighted by molar-refractivity contribution is 5.76. The predicted octanol–water partition coefficient (Wildman–Crippen LogP) is -0.737. The van der Waals surface area contributed by atoms with E-state index in [4.69, 9.17) is 9.84 Å². The van der Waals surface area contributed by atoms with E-state index in [1.807, 2.05) is 0 Å². The van der Waals surface area contributed by atoms with Crippen molar-refractivity contribution in [2.75, 3.05) is 6.61 Å². The second-order valence-corrected chi connectivity index (χ2v) is 5.49. The van der Waals surface area contributed by atoms with Crippen LogP contribution in [-0.4, -0.2) is 63.6 Å². The van der Waals surface area contributed by atoms with Gasteiger partial charge in [-0.05, 0) is 6.42 Å². The number of aliphatic hydroxyl groups excluding tert-OH is 4. The number of amides is 1. The van der Waals surface area contributed by atoms with Crippen molar-refractivity contribution < 1.29 is 30.0 Å². The summed E-state index contributed by atoms with van der Waals surface area (Å²) in [7, 11) is 0. The first-order valence-electron chi connectivity index (χ1n) is 7.61. The van der Waals surface area contributed by atoms with Gasteiger partial charge in [0, 0.05) is 6.42 Å². The van der Waals surface area contributed by atoms with Crippen LogP contribution in [0.5, 0.6) is 0 Å². The predicted molar refractivity (Wildman–Crippen MR) is 75.3 cm³/mol. The van der Waals surface area contributed by atoms with Crippen molar-refractivity contribution >= 4 is 5.91 Å². The molecule has 0 bridgehead atoms. The van der Waals surface area contributed by atoms with E-state index in [1.165, 1.54) is 0 Å². The van der Waals surface area contributed by atoms with Crippen LogP contribution in [0.3, 0.4) is 0 Å². The molecule has 5 unspecified atom stereocenters. The maximum absolute atomic E-state index is 11.8. The van der Waals surface area contributed by atoms with E-state index < -0.39 is 37.3 Å². The average Bonchev–Trinajstić information content (AvgIpc) is 2.47. The second-order valence-electron chi connectivity index (χ2n) is 5.49. The van der Waals surface area contributed by atoms with Crippen LogP contribution in [0, 0.1) is 0 Å². The maximum Gasteiger partial charge on any atom is 0.220 e. The zero-order valence-corrected chi connectivity index (χ0v) is 12.4. The molecule has 1 amide bonds. The number of aliphatic hydroxyl groups is 4. The molecule has 1 aliphatic rings. The van der Waals surface area contributed by atoms with E-state index in [0.717, 1.165) is 32.1 Å². The van der Waals surface area contributed by atoms with Gasteiger partial charge in [0.05, 0.1) is 6.61 Å². The molecular weight excluding hydrogens is 278 g/mol. The molecule has 7 nitrogen and oxygen atoms in total.